The number of nitrogens with zero attached hydrogens (tertiary/aromatic N) is 2. The van der Waals surface area contributed by atoms with E-state index in [1.54, 1.807) is 0 Å². The molecule has 0 bridgehead atoms. The number of rotatable bonds is 5. The first-order valence-corrected chi connectivity index (χ1v) is 7.95. The lowest BCUT2D eigenvalue weighted by atomic mass is 9.77. The van der Waals surface area contributed by atoms with Crippen molar-refractivity contribution in [2.75, 3.05) is 33.2 Å². The van der Waals surface area contributed by atoms with Crippen LogP contribution in [0.3, 0.4) is 0 Å². The minimum Gasteiger partial charge on any atom is -0.314 e. The van der Waals surface area contributed by atoms with Crippen LogP contribution < -0.4 is 5.32 Å². The topological polar surface area (TPSA) is 18.5 Å². The highest BCUT2D eigenvalue weighted by Gasteiger charge is 2.38. The fourth-order valence-corrected chi connectivity index (χ4v) is 3.59. The first kappa shape index (κ1) is 12.9. The molecule has 104 valence electrons. The summed E-state index contributed by atoms with van der Waals surface area (Å²) < 4.78 is 0. The van der Waals surface area contributed by atoms with Gasteiger partial charge in [0.1, 0.15) is 0 Å². The summed E-state index contributed by atoms with van der Waals surface area (Å²) in [4.78, 5) is 5.34. The second-order valence-electron chi connectivity index (χ2n) is 6.62. The summed E-state index contributed by atoms with van der Waals surface area (Å²) in [6.07, 6.45) is 7.03. The van der Waals surface area contributed by atoms with Crippen LogP contribution >= 0.6 is 0 Å². The van der Waals surface area contributed by atoms with Crippen molar-refractivity contribution in [3.8, 4) is 0 Å². The molecule has 3 aliphatic rings. The van der Waals surface area contributed by atoms with Gasteiger partial charge in [0.05, 0.1) is 0 Å². The van der Waals surface area contributed by atoms with Crippen LogP contribution in [0.15, 0.2) is 0 Å². The molecule has 0 aromatic rings. The summed E-state index contributed by atoms with van der Waals surface area (Å²) in [6, 6.07) is 2.55. The van der Waals surface area contributed by atoms with Crippen molar-refractivity contribution < 1.29 is 0 Å². The van der Waals surface area contributed by atoms with E-state index >= 15 is 0 Å². The van der Waals surface area contributed by atoms with Gasteiger partial charge < -0.3 is 10.2 Å². The van der Waals surface area contributed by atoms with Crippen LogP contribution in [0, 0.1) is 5.92 Å². The first-order chi connectivity index (χ1) is 8.78. The second-order valence-corrected chi connectivity index (χ2v) is 6.62. The Labute approximate surface area is 112 Å². The molecule has 18 heavy (non-hydrogen) atoms. The van der Waals surface area contributed by atoms with Gasteiger partial charge in [0.2, 0.25) is 0 Å². The largest absolute Gasteiger partial charge is 0.314 e. The number of hydrogen-bond donors (Lipinski definition) is 1. The molecular weight excluding hydrogens is 222 g/mol. The Hall–Kier alpha value is -0.120. The van der Waals surface area contributed by atoms with Gasteiger partial charge in [-0.25, -0.2) is 0 Å². The van der Waals surface area contributed by atoms with E-state index in [0.717, 1.165) is 24.0 Å². The molecule has 3 unspecified atom stereocenters. The highest BCUT2D eigenvalue weighted by Crippen LogP contribution is 2.34. The Morgan fingerprint density at radius 2 is 1.94 bits per heavy atom. The molecule has 0 aromatic heterocycles. The van der Waals surface area contributed by atoms with Crippen LogP contribution in [-0.2, 0) is 0 Å². The zero-order valence-electron chi connectivity index (χ0n) is 12.1. The SMILES string of the molecule is CCC1CN(C2CCC2CNC2CC2)CCN1C. The molecule has 3 heteroatoms. The van der Waals surface area contributed by atoms with E-state index in [9.17, 15) is 0 Å². The van der Waals surface area contributed by atoms with Crippen molar-refractivity contribution in [1.82, 2.24) is 15.1 Å². The molecule has 0 spiro atoms. The van der Waals surface area contributed by atoms with Crippen LogP contribution in [0.1, 0.15) is 39.0 Å². The van der Waals surface area contributed by atoms with E-state index < -0.39 is 0 Å². The predicted molar refractivity (Wildman–Crippen MR) is 75.8 cm³/mol. The van der Waals surface area contributed by atoms with Gasteiger partial charge in [-0.3, -0.25) is 4.90 Å². The summed E-state index contributed by atoms with van der Waals surface area (Å²) in [6.45, 7) is 7.46. The summed E-state index contributed by atoms with van der Waals surface area (Å²) in [7, 11) is 2.29. The molecule has 1 aliphatic heterocycles. The van der Waals surface area contributed by atoms with Crippen LogP contribution in [0.2, 0.25) is 0 Å². The standard InChI is InChI=1S/C15H29N3/c1-3-14-11-18(9-8-17(14)2)15-7-4-12(15)10-16-13-5-6-13/h12-16H,3-11H2,1-2H3. The van der Waals surface area contributed by atoms with Crippen molar-refractivity contribution in [2.45, 2.75) is 57.2 Å². The Morgan fingerprint density at radius 3 is 2.56 bits per heavy atom. The summed E-state index contributed by atoms with van der Waals surface area (Å²) in [5, 5.41) is 3.72. The van der Waals surface area contributed by atoms with E-state index in [-0.39, 0.29) is 0 Å². The zero-order chi connectivity index (χ0) is 12.5. The maximum absolute atomic E-state index is 3.72. The second kappa shape index (κ2) is 5.48. The predicted octanol–water partition coefficient (Wildman–Crippen LogP) is 1.54. The summed E-state index contributed by atoms with van der Waals surface area (Å²) in [5.74, 6) is 0.937. The highest BCUT2D eigenvalue weighted by atomic mass is 15.3. The van der Waals surface area contributed by atoms with Crippen molar-refractivity contribution >= 4 is 0 Å². The van der Waals surface area contributed by atoms with Gasteiger partial charge in [0, 0.05) is 37.8 Å². The van der Waals surface area contributed by atoms with Crippen molar-refractivity contribution in [3.63, 3.8) is 0 Å². The molecule has 0 aromatic carbocycles. The summed E-state index contributed by atoms with van der Waals surface area (Å²) >= 11 is 0. The molecule has 2 saturated carbocycles. The fourth-order valence-electron chi connectivity index (χ4n) is 3.59. The molecule has 1 N–H and O–H groups in total. The van der Waals surface area contributed by atoms with Crippen molar-refractivity contribution in [1.29, 1.82) is 0 Å². The lowest BCUT2D eigenvalue weighted by molar-refractivity contribution is 0.00141. The van der Waals surface area contributed by atoms with Gasteiger partial charge in [0.15, 0.2) is 0 Å². The van der Waals surface area contributed by atoms with Gasteiger partial charge in [-0.15, -0.1) is 0 Å². The molecular formula is C15H29N3. The lowest BCUT2D eigenvalue weighted by Crippen LogP contribution is -2.59. The minimum absolute atomic E-state index is 0.788. The molecule has 1 heterocycles. The molecule has 3 atom stereocenters. The number of piperazine rings is 1. The molecule has 3 fully saturated rings. The van der Waals surface area contributed by atoms with Gasteiger partial charge in [0.25, 0.3) is 0 Å². The van der Waals surface area contributed by atoms with E-state index in [4.69, 9.17) is 0 Å². The molecule has 3 rings (SSSR count). The molecule has 2 aliphatic carbocycles. The van der Waals surface area contributed by atoms with Crippen LogP contribution in [0.25, 0.3) is 0 Å². The van der Waals surface area contributed by atoms with Gasteiger partial charge in [-0.05, 0) is 51.6 Å². The maximum Gasteiger partial charge on any atom is 0.0218 e. The number of hydrogen-bond acceptors (Lipinski definition) is 3. The van der Waals surface area contributed by atoms with Crippen molar-refractivity contribution in [2.24, 2.45) is 5.92 Å². The zero-order valence-corrected chi connectivity index (χ0v) is 12.1. The first-order valence-electron chi connectivity index (χ1n) is 7.95. The average molecular weight is 251 g/mol. The van der Waals surface area contributed by atoms with Crippen molar-refractivity contribution in [3.05, 3.63) is 0 Å². The van der Waals surface area contributed by atoms with Gasteiger partial charge >= 0.3 is 0 Å². The Kier molecular flexibility index (Phi) is 3.92. The third-order valence-electron chi connectivity index (χ3n) is 5.37. The Bertz CT molecular complexity index is 277. The molecule has 0 amide bonds. The smallest absolute Gasteiger partial charge is 0.0218 e. The van der Waals surface area contributed by atoms with Crippen LogP contribution in [0.5, 0.6) is 0 Å². The summed E-state index contributed by atoms with van der Waals surface area (Å²) in [5.41, 5.74) is 0. The van der Waals surface area contributed by atoms with Gasteiger partial charge in [-0.1, -0.05) is 6.92 Å². The van der Waals surface area contributed by atoms with E-state index in [0.29, 0.717) is 0 Å². The minimum atomic E-state index is 0.788. The maximum atomic E-state index is 3.72. The monoisotopic (exact) mass is 251 g/mol. The lowest BCUT2D eigenvalue weighted by Gasteiger charge is -2.49. The molecule has 3 nitrogen and oxygen atoms in total. The Balaban J connectivity index is 1.47. The van der Waals surface area contributed by atoms with Crippen LogP contribution in [0.4, 0.5) is 0 Å². The number of likely N-dealkylation sites (N-methyl/N-ethyl adjacent to an activating group) is 1. The van der Waals surface area contributed by atoms with Gasteiger partial charge in [-0.2, -0.15) is 0 Å². The average Bonchev–Trinajstić information content (AvgIpc) is 3.14. The van der Waals surface area contributed by atoms with E-state index in [1.165, 1.54) is 58.3 Å². The number of nitrogens with one attached hydrogen (secondary N) is 1. The normalized spacial score (nSPS) is 38.7. The third-order valence-corrected chi connectivity index (χ3v) is 5.37. The van der Waals surface area contributed by atoms with Crippen LogP contribution in [-0.4, -0.2) is 61.2 Å². The quantitative estimate of drug-likeness (QED) is 0.800. The highest BCUT2D eigenvalue weighted by molar-refractivity contribution is 4.95. The Morgan fingerprint density at radius 1 is 1.11 bits per heavy atom. The fraction of sp³-hybridized carbons (Fsp3) is 1.00. The van der Waals surface area contributed by atoms with E-state index in [2.05, 4.69) is 29.1 Å². The molecule has 1 saturated heterocycles. The third kappa shape index (κ3) is 2.73. The molecule has 0 radical (unpaired) electrons. The van der Waals surface area contributed by atoms with E-state index in [1.807, 2.05) is 0 Å².